The number of aliphatic imine (C=N–C) groups is 1. The Kier molecular flexibility index (Phi) is 7.56. The lowest BCUT2D eigenvalue weighted by molar-refractivity contribution is -0.114. The Balaban J connectivity index is 1.29. The van der Waals surface area contributed by atoms with Crippen molar-refractivity contribution in [1.82, 2.24) is 5.01 Å². The van der Waals surface area contributed by atoms with Crippen molar-refractivity contribution < 1.29 is 14.3 Å². The zero-order chi connectivity index (χ0) is 26.8. The van der Waals surface area contributed by atoms with Gasteiger partial charge in [0, 0.05) is 5.56 Å². The highest BCUT2D eigenvalue weighted by atomic mass is 35.5. The van der Waals surface area contributed by atoms with Gasteiger partial charge in [-0.05, 0) is 67.1 Å². The summed E-state index contributed by atoms with van der Waals surface area (Å²) in [5.74, 6) is 0.465. The van der Waals surface area contributed by atoms with Crippen LogP contribution < -0.4 is 9.47 Å². The number of carbonyl (C=O) groups excluding carboxylic acids is 1. The monoisotopic (exact) mass is 564 g/mol. The highest BCUT2D eigenvalue weighted by molar-refractivity contribution is 8.27. The van der Waals surface area contributed by atoms with Crippen molar-refractivity contribution in [3.63, 3.8) is 0 Å². The molecule has 0 bridgehead atoms. The minimum Gasteiger partial charge on any atom is -0.490 e. The third-order valence-corrected chi connectivity index (χ3v) is 7.19. The summed E-state index contributed by atoms with van der Waals surface area (Å²) >= 11 is 14.1. The first kappa shape index (κ1) is 26.0. The molecule has 5 rings (SSSR count). The van der Waals surface area contributed by atoms with E-state index in [9.17, 15) is 4.79 Å². The molecule has 192 valence electrons. The fourth-order valence-corrected chi connectivity index (χ4v) is 5.29. The number of carbonyl (C=O) groups is 1. The van der Waals surface area contributed by atoms with Crippen LogP contribution in [0.3, 0.4) is 0 Å². The van der Waals surface area contributed by atoms with Crippen LogP contribution in [0.1, 0.15) is 22.3 Å². The Morgan fingerprint density at radius 3 is 2.39 bits per heavy atom. The molecule has 0 radical (unpaired) electrons. The van der Waals surface area contributed by atoms with E-state index in [1.807, 2.05) is 62.4 Å². The molecule has 0 saturated carbocycles. The Morgan fingerprint density at radius 2 is 1.68 bits per heavy atom. The normalized spacial score (nSPS) is 15.9. The average molecular weight is 565 g/mol. The van der Waals surface area contributed by atoms with Crippen molar-refractivity contribution in [1.29, 1.82) is 5.41 Å². The zero-order valence-electron chi connectivity index (χ0n) is 20.5. The molecule has 38 heavy (non-hydrogen) atoms. The number of fused-ring (bicyclic) bond motifs is 1. The fraction of sp³-hybridized carbons (Fsp3) is 0.143. The second kappa shape index (κ2) is 11.0. The van der Waals surface area contributed by atoms with Gasteiger partial charge in [0.25, 0.3) is 5.91 Å². The van der Waals surface area contributed by atoms with E-state index >= 15 is 0 Å². The van der Waals surface area contributed by atoms with Gasteiger partial charge in [0.15, 0.2) is 11.6 Å². The molecule has 10 heteroatoms. The number of nitrogens with one attached hydrogen (secondary N) is 1. The molecule has 0 fully saturated rings. The maximum atomic E-state index is 12.8. The number of aryl methyl sites for hydroxylation is 2. The lowest BCUT2D eigenvalue weighted by atomic mass is 10.1. The van der Waals surface area contributed by atoms with Crippen LogP contribution in [0, 0.1) is 19.3 Å². The smallest absolute Gasteiger partial charge is 0.283 e. The number of hydrazone groups is 1. The Hall–Kier alpha value is -3.59. The van der Waals surface area contributed by atoms with Gasteiger partial charge in [-0.2, -0.15) is 15.1 Å². The van der Waals surface area contributed by atoms with E-state index in [0.29, 0.717) is 28.1 Å². The molecule has 2 aliphatic rings. The lowest BCUT2D eigenvalue weighted by Crippen LogP contribution is -2.35. The summed E-state index contributed by atoms with van der Waals surface area (Å²) in [5, 5.41) is 16.1. The van der Waals surface area contributed by atoms with Crippen LogP contribution in [-0.2, 0) is 4.79 Å². The van der Waals surface area contributed by atoms with Gasteiger partial charge in [-0.15, -0.1) is 0 Å². The van der Waals surface area contributed by atoms with Crippen LogP contribution in [0.5, 0.6) is 11.5 Å². The van der Waals surface area contributed by atoms with E-state index in [0.717, 1.165) is 22.4 Å². The number of hydrogen-bond acceptors (Lipinski definition) is 6. The predicted octanol–water partition coefficient (Wildman–Crippen LogP) is 6.74. The highest BCUT2D eigenvalue weighted by Crippen LogP contribution is 2.36. The van der Waals surface area contributed by atoms with Crippen molar-refractivity contribution in [2.24, 2.45) is 10.1 Å². The molecule has 3 aromatic carbocycles. The zero-order valence-corrected chi connectivity index (χ0v) is 22.8. The largest absolute Gasteiger partial charge is 0.490 e. The molecule has 0 saturated heterocycles. The molecule has 0 unspecified atom stereocenters. The topological polar surface area (TPSA) is 87.3 Å². The fourth-order valence-electron chi connectivity index (χ4n) is 3.78. The summed E-state index contributed by atoms with van der Waals surface area (Å²) in [5.41, 5.74) is 3.74. The number of benzene rings is 3. The number of thioether (sulfide) groups is 1. The first-order valence-corrected chi connectivity index (χ1v) is 13.2. The number of hydrogen-bond donors (Lipinski definition) is 1. The number of halogens is 2. The van der Waals surface area contributed by atoms with Gasteiger partial charge in [0.05, 0.1) is 15.6 Å². The van der Waals surface area contributed by atoms with Crippen LogP contribution in [0.4, 0.5) is 0 Å². The van der Waals surface area contributed by atoms with E-state index in [4.69, 9.17) is 38.1 Å². The summed E-state index contributed by atoms with van der Waals surface area (Å²) in [6.45, 7) is 4.55. The van der Waals surface area contributed by atoms with E-state index < -0.39 is 5.91 Å². The third kappa shape index (κ3) is 5.62. The van der Waals surface area contributed by atoms with E-state index in [1.165, 1.54) is 22.8 Å². The summed E-state index contributed by atoms with van der Waals surface area (Å²) in [4.78, 5) is 16.9. The second-order valence-electron chi connectivity index (χ2n) is 8.62. The number of rotatable bonds is 7. The van der Waals surface area contributed by atoms with Crippen molar-refractivity contribution in [3.05, 3.63) is 98.5 Å². The molecule has 0 atom stereocenters. The molecule has 0 aliphatic carbocycles. The van der Waals surface area contributed by atoms with Gasteiger partial charge in [0.1, 0.15) is 24.0 Å². The van der Waals surface area contributed by atoms with Crippen LogP contribution in [-0.4, -0.2) is 40.2 Å². The van der Waals surface area contributed by atoms with Crippen LogP contribution in [0.25, 0.3) is 6.08 Å². The molecule has 0 aromatic heterocycles. The summed E-state index contributed by atoms with van der Waals surface area (Å²) in [6, 6.07) is 18.8. The average Bonchev–Trinajstić information content (AvgIpc) is 3.30. The minimum absolute atomic E-state index is 0.0736. The molecule has 1 N–H and O–H groups in total. The van der Waals surface area contributed by atoms with Gasteiger partial charge in [-0.1, -0.05) is 65.2 Å². The number of ether oxygens (including phenoxy) is 2. The maximum Gasteiger partial charge on any atom is 0.283 e. The Morgan fingerprint density at radius 1 is 0.974 bits per heavy atom. The standard InChI is InChI=1S/C28H22Cl2N4O3S/c1-16-6-8-19(9-7-16)27-33-34-25(31)21(26(35)32-28(34)38-27)13-18-14-22(29)24(23(30)15-18)37-11-10-36-20-5-3-4-17(2)12-20/h3-9,12-15,31H,10-11H2,1-2H3/b21-13-,31-25?. The SMILES string of the molecule is Cc1ccc(C2=NN3C(=N)/C(=C/c4cc(Cl)c(OCCOc5cccc(C)c5)c(Cl)c4)C(=O)N=C3S2)cc1. The van der Waals surface area contributed by atoms with Crippen molar-refractivity contribution >= 4 is 63.0 Å². The molecule has 2 heterocycles. The summed E-state index contributed by atoms with van der Waals surface area (Å²) in [6.07, 6.45) is 1.53. The van der Waals surface area contributed by atoms with Gasteiger partial charge in [-0.25, -0.2) is 0 Å². The quantitative estimate of drug-likeness (QED) is 0.253. The first-order chi connectivity index (χ1) is 18.3. The highest BCUT2D eigenvalue weighted by Gasteiger charge is 2.36. The first-order valence-electron chi connectivity index (χ1n) is 11.7. The number of amides is 1. The number of amidine groups is 2. The molecule has 7 nitrogen and oxygen atoms in total. The molecule has 0 spiro atoms. The van der Waals surface area contributed by atoms with Crippen molar-refractivity contribution in [2.75, 3.05) is 13.2 Å². The van der Waals surface area contributed by atoms with Gasteiger partial charge in [0.2, 0.25) is 5.17 Å². The van der Waals surface area contributed by atoms with Crippen LogP contribution >= 0.6 is 35.0 Å². The number of nitrogens with zero attached hydrogens (tertiary/aromatic N) is 3. The van der Waals surface area contributed by atoms with Crippen molar-refractivity contribution in [3.8, 4) is 11.5 Å². The van der Waals surface area contributed by atoms with E-state index in [1.54, 1.807) is 12.1 Å². The maximum absolute atomic E-state index is 12.8. The van der Waals surface area contributed by atoms with E-state index in [-0.39, 0.29) is 28.1 Å². The summed E-state index contributed by atoms with van der Waals surface area (Å²) in [7, 11) is 0. The molecular weight excluding hydrogens is 543 g/mol. The Labute approximate surface area is 234 Å². The van der Waals surface area contributed by atoms with Gasteiger partial charge < -0.3 is 9.47 Å². The van der Waals surface area contributed by atoms with Crippen molar-refractivity contribution in [2.45, 2.75) is 13.8 Å². The molecule has 2 aliphatic heterocycles. The van der Waals surface area contributed by atoms with Crippen LogP contribution in [0.2, 0.25) is 10.0 Å². The molecule has 1 amide bonds. The minimum atomic E-state index is -0.532. The Bertz CT molecular complexity index is 1510. The molecule has 3 aromatic rings. The predicted molar refractivity (Wildman–Crippen MR) is 154 cm³/mol. The second-order valence-corrected chi connectivity index (χ2v) is 10.4. The van der Waals surface area contributed by atoms with E-state index in [2.05, 4.69) is 10.1 Å². The lowest BCUT2D eigenvalue weighted by Gasteiger charge is -2.20. The van der Waals surface area contributed by atoms with Gasteiger partial charge >= 0.3 is 0 Å². The summed E-state index contributed by atoms with van der Waals surface area (Å²) < 4.78 is 11.5. The third-order valence-electron chi connectivity index (χ3n) is 5.67. The van der Waals surface area contributed by atoms with Crippen LogP contribution in [0.15, 0.2) is 76.3 Å². The van der Waals surface area contributed by atoms with Gasteiger partial charge in [-0.3, -0.25) is 10.2 Å². The molecular formula is C28H22Cl2N4O3S.